The highest BCUT2D eigenvalue weighted by Crippen LogP contribution is 2.31. The van der Waals surface area contributed by atoms with Gasteiger partial charge in [-0.3, -0.25) is 4.98 Å². The number of rotatable bonds is 3. The molecule has 0 amide bonds. The lowest BCUT2D eigenvalue weighted by atomic mass is 9.94. The van der Waals surface area contributed by atoms with Crippen LogP contribution in [0.1, 0.15) is 31.7 Å². The zero-order chi connectivity index (χ0) is 9.84. The molecule has 0 fully saturated rings. The van der Waals surface area contributed by atoms with Crippen molar-refractivity contribution in [1.82, 2.24) is 4.98 Å². The van der Waals surface area contributed by atoms with E-state index in [1.807, 2.05) is 13.0 Å². The number of pyridine rings is 1. The third-order valence-corrected chi connectivity index (χ3v) is 2.82. The molecule has 0 N–H and O–H groups in total. The van der Waals surface area contributed by atoms with Crippen molar-refractivity contribution in [3.63, 3.8) is 0 Å². The van der Waals surface area contributed by atoms with Crippen LogP contribution in [-0.4, -0.2) is 10.4 Å². The topological polar surface area (TPSA) is 12.9 Å². The molecular formula is C10H13Cl2N. The molecule has 0 spiro atoms. The van der Waals surface area contributed by atoms with Crippen LogP contribution in [0.2, 0.25) is 5.02 Å². The summed E-state index contributed by atoms with van der Waals surface area (Å²) >= 11 is 12.1. The molecule has 0 aliphatic carbocycles. The Hall–Kier alpha value is -0.270. The lowest BCUT2D eigenvalue weighted by molar-refractivity contribution is 0.648. The van der Waals surface area contributed by atoms with E-state index in [4.69, 9.17) is 23.2 Å². The summed E-state index contributed by atoms with van der Waals surface area (Å²) in [7, 11) is 0. The highest BCUT2D eigenvalue weighted by atomic mass is 35.5. The van der Waals surface area contributed by atoms with Gasteiger partial charge in [0, 0.05) is 23.7 Å². The summed E-state index contributed by atoms with van der Waals surface area (Å²) in [4.78, 5) is 3.95. The van der Waals surface area contributed by atoms with Gasteiger partial charge in [-0.2, -0.15) is 0 Å². The van der Waals surface area contributed by atoms with E-state index in [1.54, 1.807) is 12.4 Å². The number of alkyl halides is 1. The third kappa shape index (κ3) is 2.58. The fourth-order valence-electron chi connectivity index (χ4n) is 1.48. The summed E-state index contributed by atoms with van der Waals surface area (Å²) in [6.07, 6.45) is 4.41. The Morgan fingerprint density at radius 2 is 2.23 bits per heavy atom. The molecule has 0 bridgehead atoms. The van der Waals surface area contributed by atoms with E-state index in [9.17, 15) is 0 Å². The summed E-state index contributed by atoms with van der Waals surface area (Å²) in [6.45, 7) is 4.10. The van der Waals surface area contributed by atoms with Crippen molar-refractivity contribution in [2.75, 3.05) is 0 Å². The van der Waals surface area contributed by atoms with Gasteiger partial charge < -0.3 is 0 Å². The van der Waals surface area contributed by atoms with Gasteiger partial charge in [0.2, 0.25) is 0 Å². The van der Waals surface area contributed by atoms with Crippen LogP contribution in [0.5, 0.6) is 0 Å². The van der Waals surface area contributed by atoms with E-state index in [0.29, 0.717) is 10.9 Å². The van der Waals surface area contributed by atoms with Gasteiger partial charge in [0.25, 0.3) is 0 Å². The predicted octanol–water partition coefficient (Wildman–Crippen LogP) is 3.86. The van der Waals surface area contributed by atoms with Gasteiger partial charge in [0.05, 0.1) is 5.02 Å². The average molecular weight is 218 g/mol. The van der Waals surface area contributed by atoms with E-state index in [0.717, 1.165) is 12.0 Å². The molecule has 1 rings (SSSR count). The minimum absolute atomic E-state index is 0.102. The minimum Gasteiger partial charge on any atom is -0.263 e. The van der Waals surface area contributed by atoms with Crippen LogP contribution >= 0.6 is 23.2 Å². The molecule has 3 heteroatoms. The number of halogens is 2. The molecule has 2 atom stereocenters. The fraction of sp³-hybridized carbons (Fsp3) is 0.500. The second kappa shape index (κ2) is 4.83. The van der Waals surface area contributed by atoms with Crippen LogP contribution in [0, 0.1) is 0 Å². The van der Waals surface area contributed by atoms with Crippen LogP contribution in [0.3, 0.4) is 0 Å². The second-order valence-electron chi connectivity index (χ2n) is 3.09. The minimum atomic E-state index is 0.102. The first kappa shape index (κ1) is 10.8. The summed E-state index contributed by atoms with van der Waals surface area (Å²) in [5, 5.41) is 0.812. The van der Waals surface area contributed by atoms with Crippen molar-refractivity contribution in [2.24, 2.45) is 0 Å². The maximum atomic E-state index is 6.07. The molecule has 72 valence electrons. The molecule has 0 aliphatic heterocycles. The highest BCUT2D eigenvalue weighted by molar-refractivity contribution is 6.31. The summed E-state index contributed by atoms with van der Waals surface area (Å²) in [5.41, 5.74) is 1.10. The summed E-state index contributed by atoms with van der Waals surface area (Å²) < 4.78 is 0. The maximum absolute atomic E-state index is 6.07. The zero-order valence-corrected chi connectivity index (χ0v) is 9.31. The average Bonchev–Trinajstić information content (AvgIpc) is 2.09. The van der Waals surface area contributed by atoms with Crippen LogP contribution in [-0.2, 0) is 0 Å². The quantitative estimate of drug-likeness (QED) is 0.702. The molecule has 1 aromatic heterocycles. The molecular weight excluding hydrogens is 205 g/mol. The molecule has 1 nitrogen and oxygen atoms in total. The van der Waals surface area contributed by atoms with Crippen molar-refractivity contribution >= 4 is 23.2 Å². The largest absolute Gasteiger partial charge is 0.263 e. The van der Waals surface area contributed by atoms with E-state index in [2.05, 4.69) is 11.9 Å². The van der Waals surface area contributed by atoms with Crippen molar-refractivity contribution in [3.05, 3.63) is 29.0 Å². The van der Waals surface area contributed by atoms with E-state index in [-0.39, 0.29) is 5.38 Å². The standard InChI is InChI=1S/C10H13Cl2N/c1-3-8(7(2)11)9-4-5-13-6-10(9)12/h4-8H,3H2,1-2H3. The van der Waals surface area contributed by atoms with Crippen LogP contribution in [0.4, 0.5) is 0 Å². The molecule has 13 heavy (non-hydrogen) atoms. The van der Waals surface area contributed by atoms with Gasteiger partial charge in [-0.25, -0.2) is 0 Å². The Bertz CT molecular complexity index is 273. The summed E-state index contributed by atoms with van der Waals surface area (Å²) in [6, 6.07) is 1.94. The Labute approximate surface area is 89.1 Å². The van der Waals surface area contributed by atoms with E-state index >= 15 is 0 Å². The van der Waals surface area contributed by atoms with E-state index in [1.165, 1.54) is 0 Å². The van der Waals surface area contributed by atoms with Gasteiger partial charge in [-0.1, -0.05) is 18.5 Å². The molecule has 0 aromatic carbocycles. The molecule has 2 unspecified atom stereocenters. The second-order valence-corrected chi connectivity index (χ2v) is 4.19. The van der Waals surface area contributed by atoms with Gasteiger partial charge in [0.1, 0.15) is 0 Å². The Balaban J connectivity index is 2.97. The van der Waals surface area contributed by atoms with Gasteiger partial charge in [0.15, 0.2) is 0 Å². The first-order valence-electron chi connectivity index (χ1n) is 4.40. The number of nitrogens with zero attached hydrogens (tertiary/aromatic N) is 1. The highest BCUT2D eigenvalue weighted by Gasteiger charge is 2.17. The normalized spacial score (nSPS) is 15.4. The van der Waals surface area contributed by atoms with Crippen LogP contribution in [0.15, 0.2) is 18.5 Å². The van der Waals surface area contributed by atoms with Crippen molar-refractivity contribution < 1.29 is 0 Å². The van der Waals surface area contributed by atoms with E-state index < -0.39 is 0 Å². The Kier molecular flexibility index (Phi) is 4.01. The molecule has 0 aliphatic rings. The van der Waals surface area contributed by atoms with Crippen molar-refractivity contribution in [3.8, 4) is 0 Å². The monoisotopic (exact) mass is 217 g/mol. The molecule has 0 saturated carbocycles. The van der Waals surface area contributed by atoms with Gasteiger partial charge >= 0.3 is 0 Å². The lowest BCUT2D eigenvalue weighted by Gasteiger charge is -2.18. The number of aromatic nitrogens is 1. The zero-order valence-electron chi connectivity index (χ0n) is 7.80. The van der Waals surface area contributed by atoms with Crippen molar-refractivity contribution in [1.29, 1.82) is 0 Å². The number of hydrogen-bond acceptors (Lipinski definition) is 1. The predicted molar refractivity (Wildman–Crippen MR) is 57.6 cm³/mol. The summed E-state index contributed by atoms with van der Waals surface area (Å²) in [5.74, 6) is 0.317. The van der Waals surface area contributed by atoms with Crippen LogP contribution < -0.4 is 0 Å². The number of hydrogen-bond donors (Lipinski definition) is 0. The Morgan fingerprint density at radius 3 is 2.69 bits per heavy atom. The third-order valence-electron chi connectivity index (χ3n) is 2.20. The Morgan fingerprint density at radius 1 is 1.54 bits per heavy atom. The smallest absolute Gasteiger partial charge is 0.0624 e. The van der Waals surface area contributed by atoms with Gasteiger partial charge in [-0.05, 0) is 25.0 Å². The van der Waals surface area contributed by atoms with Gasteiger partial charge in [-0.15, -0.1) is 11.6 Å². The molecule has 0 saturated heterocycles. The first-order chi connectivity index (χ1) is 6.16. The lowest BCUT2D eigenvalue weighted by Crippen LogP contribution is -2.08. The molecule has 0 radical (unpaired) electrons. The molecule has 1 aromatic rings. The maximum Gasteiger partial charge on any atom is 0.0624 e. The van der Waals surface area contributed by atoms with Crippen LogP contribution in [0.25, 0.3) is 0 Å². The first-order valence-corrected chi connectivity index (χ1v) is 5.21. The van der Waals surface area contributed by atoms with Crippen molar-refractivity contribution in [2.45, 2.75) is 31.6 Å². The molecule has 1 heterocycles. The fourth-order valence-corrected chi connectivity index (χ4v) is 2.05. The SMILES string of the molecule is CCC(c1ccncc1Cl)C(C)Cl.